The summed E-state index contributed by atoms with van der Waals surface area (Å²) in [4.78, 5) is 16.1. The second-order valence-corrected chi connectivity index (χ2v) is 3.98. The maximum absolute atomic E-state index is 12.0. The predicted molar refractivity (Wildman–Crippen MR) is 70.0 cm³/mol. The van der Waals surface area contributed by atoms with Gasteiger partial charge in [0.25, 0.3) is 0 Å². The van der Waals surface area contributed by atoms with Gasteiger partial charge in [-0.25, -0.2) is 0 Å². The molecule has 0 atom stereocenters. The van der Waals surface area contributed by atoms with Crippen molar-refractivity contribution in [3.8, 4) is 11.8 Å². The van der Waals surface area contributed by atoms with E-state index >= 15 is 0 Å². The van der Waals surface area contributed by atoms with Crippen molar-refractivity contribution in [1.29, 1.82) is 5.26 Å². The smallest absolute Gasteiger partial charge is 0.168 e. The van der Waals surface area contributed by atoms with E-state index in [9.17, 15) is 4.79 Å². The summed E-state index contributed by atoms with van der Waals surface area (Å²) in [5, 5.41) is 8.79. The number of ether oxygens (including phenoxy) is 1. The third-order valence-corrected chi connectivity index (χ3v) is 2.70. The van der Waals surface area contributed by atoms with Crippen LogP contribution in [-0.4, -0.2) is 17.9 Å². The molecule has 4 nitrogen and oxygen atoms in total. The average Bonchev–Trinajstić information content (AvgIpc) is 2.47. The van der Waals surface area contributed by atoms with Gasteiger partial charge in [-0.1, -0.05) is 0 Å². The highest BCUT2D eigenvalue weighted by atomic mass is 16.5. The molecule has 4 heteroatoms. The van der Waals surface area contributed by atoms with E-state index in [-0.39, 0.29) is 12.2 Å². The molecule has 0 aliphatic rings. The first-order chi connectivity index (χ1) is 9.22. The lowest BCUT2D eigenvalue weighted by atomic mass is 10.1. The maximum Gasteiger partial charge on any atom is 0.168 e. The summed E-state index contributed by atoms with van der Waals surface area (Å²) < 4.78 is 5.04. The van der Waals surface area contributed by atoms with Crippen LogP contribution in [0.5, 0.6) is 5.75 Å². The van der Waals surface area contributed by atoms with Gasteiger partial charge in [0.2, 0.25) is 0 Å². The number of methoxy groups -OCH3 is 1. The highest BCUT2D eigenvalue weighted by Crippen LogP contribution is 2.13. The number of carbonyl (C=O) groups excluding carboxylic acids is 1. The number of pyridine rings is 1. The number of aromatic nitrogens is 1. The van der Waals surface area contributed by atoms with Crippen LogP contribution in [0.1, 0.15) is 21.6 Å². The van der Waals surface area contributed by atoms with E-state index in [1.807, 2.05) is 6.07 Å². The van der Waals surface area contributed by atoms with Crippen molar-refractivity contribution < 1.29 is 9.53 Å². The quantitative estimate of drug-likeness (QED) is 0.784. The number of Topliss-reactive ketones (excluding diaryl/α,β-unsaturated/α-hetero) is 1. The van der Waals surface area contributed by atoms with Crippen LogP contribution in [0.15, 0.2) is 42.6 Å². The molecule has 0 bridgehead atoms. The van der Waals surface area contributed by atoms with Gasteiger partial charge in [-0.2, -0.15) is 5.26 Å². The third-order valence-electron chi connectivity index (χ3n) is 2.70. The van der Waals surface area contributed by atoms with Gasteiger partial charge in [-0.15, -0.1) is 0 Å². The maximum atomic E-state index is 12.0. The van der Waals surface area contributed by atoms with E-state index in [1.165, 1.54) is 6.20 Å². The van der Waals surface area contributed by atoms with E-state index < -0.39 is 0 Å². The van der Waals surface area contributed by atoms with Gasteiger partial charge in [-0.05, 0) is 36.4 Å². The van der Waals surface area contributed by atoms with Crippen molar-refractivity contribution in [1.82, 2.24) is 4.98 Å². The van der Waals surface area contributed by atoms with E-state index in [0.29, 0.717) is 22.6 Å². The largest absolute Gasteiger partial charge is 0.497 e. The Kier molecular flexibility index (Phi) is 3.89. The number of rotatable bonds is 4. The van der Waals surface area contributed by atoms with Gasteiger partial charge >= 0.3 is 0 Å². The lowest BCUT2D eigenvalue weighted by Crippen LogP contribution is -2.05. The van der Waals surface area contributed by atoms with Crippen LogP contribution < -0.4 is 4.74 Å². The third kappa shape index (κ3) is 3.17. The number of hydrogen-bond acceptors (Lipinski definition) is 4. The first kappa shape index (κ1) is 12.8. The Morgan fingerprint density at radius 1 is 1.32 bits per heavy atom. The molecule has 94 valence electrons. The second kappa shape index (κ2) is 5.78. The Labute approximate surface area is 111 Å². The number of hydrogen-bond donors (Lipinski definition) is 0. The van der Waals surface area contributed by atoms with Crippen molar-refractivity contribution in [3.63, 3.8) is 0 Å². The highest BCUT2D eigenvalue weighted by molar-refractivity contribution is 5.97. The average molecular weight is 252 g/mol. The zero-order chi connectivity index (χ0) is 13.7. The summed E-state index contributed by atoms with van der Waals surface area (Å²) in [6, 6.07) is 12.2. The molecule has 2 aromatic rings. The normalized spacial score (nSPS) is 9.68. The molecular weight excluding hydrogens is 240 g/mol. The molecular formula is C15H12N2O2. The first-order valence-corrected chi connectivity index (χ1v) is 5.75. The summed E-state index contributed by atoms with van der Waals surface area (Å²) in [6.07, 6.45) is 1.72. The Morgan fingerprint density at radius 3 is 2.68 bits per heavy atom. The Bertz CT molecular complexity index is 627. The molecule has 0 saturated carbocycles. The first-order valence-electron chi connectivity index (χ1n) is 5.75. The molecule has 0 aliphatic carbocycles. The highest BCUT2D eigenvalue weighted by Gasteiger charge is 2.08. The van der Waals surface area contributed by atoms with Crippen LogP contribution in [0.4, 0.5) is 0 Å². The molecule has 1 aromatic heterocycles. The van der Waals surface area contributed by atoms with Crippen LogP contribution >= 0.6 is 0 Å². The number of nitrogens with zero attached hydrogens (tertiary/aromatic N) is 2. The zero-order valence-electron chi connectivity index (χ0n) is 10.5. The lowest BCUT2D eigenvalue weighted by molar-refractivity contribution is 0.0992. The summed E-state index contributed by atoms with van der Waals surface area (Å²) in [6.45, 7) is 0. The monoisotopic (exact) mass is 252 g/mol. The number of benzene rings is 1. The minimum Gasteiger partial charge on any atom is -0.497 e. The van der Waals surface area contributed by atoms with Gasteiger partial charge in [-0.3, -0.25) is 9.78 Å². The van der Waals surface area contributed by atoms with Gasteiger partial charge in [0.15, 0.2) is 5.78 Å². The van der Waals surface area contributed by atoms with Crippen molar-refractivity contribution >= 4 is 5.78 Å². The molecule has 0 radical (unpaired) electrons. The molecule has 0 amide bonds. The molecule has 0 N–H and O–H groups in total. The fourth-order valence-electron chi connectivity index (χ4n) is 1.69. The molecule has 0 saturated heterocycles. The summed E-state index contributed by atoms with van der Waals surface area (Å²) in [7, 11) is 1.58. The number of ketones is 1. The summed E-state index contributed by atoms with van der Waals surface area (Å²) in [5.41, 5.74) is 1.71. The van der Waals surface area contributed by atoms with E-state index in [0.717, 1.165) is 0 Å². The van der Waals surface area contributed by atoms with Crippen LogP contribution in [0, 0.1) is 11.3 Å². The molecule has 2 rings (SSSR count). The molecule has 1 heterocycles. The van der Waals surface area contributed by atoms with E-state index in [1.54, 1.807) is 43.5 Å². The number of nitriles is 1. The predicted octanol–water partition coefficient (Wildman–Crippen LogP) is 2.39. The van der Waals surface area contributed by atoms with E-state index in [2.05, 4.69) is 4.98 Å². The lowest BCUT2D eigenvalue weighted by Gasteiger charge is -2.03. The van der Waals surface area contributed by atoms with Gasteiger partial charge < -0.3 is 4.74 Å². The summed E-state index contributed by atoms with van der Waals surface area (Å²) in [5.74, 6) is 0.673. The van der Waals surface area contributed by atoms with Gasteiger partial charge in [0.1, 0.15) is 5.75 Å². The van der Waals surface area contributed by atoms with Crippen molar-refractivity contribution in [2.45, 2.75) is 6.42 Å². The van der Waals surface area contributed by atoms with Crippen LogP contribution in [0.3, 0.4) is 0 Å². The van der Waals surface area contributed by atoms with E-state index in [4.69, 9.17) is 10.00 Å². The minimum absolute atomic E-state index is 0.0368. The molecule has 0 fully saturated rings. The molecule has 0 spiro atoms. The molecule has 0 unspecified atom stereocenters. The zero-order valence-corrected chi connectivity index (χ0v) is 10.5. The van der Waals surface area contributed by atoms with Crippen molar-refractivity contribution in [3.05, 3.63) is 59.4 Å². The van der Waals surface area contributed by atoms with Crippen molar-refractivity contribution in [2.75, 3.05) is 7.11 Å². The topological polar surface area (TPSA) is 63.0 Å². The van der Waals surface area contributed by atoms with Crippen LogP contribution in [-0.2, 0) is 6.42 Å². The fourth-order valence-corrected chi connectivity index (χ4v) is 1.69. The standard InChI is InChI=1S/C15H12N2O2/c1-19-14-4-2-12(3-5-14)15(18)9-13-8-11(10-16)6-7-17-13/h2-8H,9H2,1H3. The van der Waals surface area contributed by atoms with Gasteiger partial charge in [0.05, 0.1) is 25.2 Å². The molecule has 19 heavy (non-hydrogen) atoms. The van der Waals surface area contributed by atoms with Gasteiger partial charge in [0, 0.05) is 17.5 Å². The van der Waals surface area contributed by atoms with Crippen LogP contribution in [0.2, 0.25) is 0 Å². The second-order valence-electron chi connectivity index (χ2n) is 3.98. The minimum atomic E-state index is -0.0368. The van der Waals surface area contributed by atoms with Crippen molar-refractivity contribution in [2.24, 2.45) is 0 Å². The number of carbonyl (C=O) groups is 1. The Balaban J connectivity index is 2.13. The molecule has 0 aliphatic heterocycles. The van der Waals surface area contributed by atoms with Crippen LogP contribution in [0.25, 0.3) is 0 Å². The Hall–Kier alpha value is -2.67. The summed E-state index contributed by atoms with van der Waals surface area (Å²) >= 11 is 0. The fraction of sp³-hybridized carbons (Fsp3) is 0.133. The SMILES string of the molecule is COc1ccc(C(=O)Cc2cc(C#N)ccn2)cc1. The Morgan fingerprint density at radius 2 is 2.05 bits per heavy atom. The molecule has 1 aromatic carbocycles.